The predicted molar refractivity (Wildman–Crippen MR) is 115 cm³/mol. The summed E-state index contributed by atoms with van der Waals surface area (Å²) < 4.78 is 50.1. The molecule has 2 aromatic carbocycles. The number of anilines is 1. The van der Waals surface area contributed by atoms with Gasteiger partial charge in [0.15, 0.2) is 18.1 Å². The quantitative estimate of drug-likeness (QED) is 0.489. The van der Waals surface area contributed by atoms with Crippen LogP contribution in [0, 0.1) is 0 Å². The van der Waals surface area contributed by atoms with E-state index in [1.165, 1.54) is 25.3 Å². The monoisotopic (exact) mass is 468 g/mol. The number of thiocarbonyl (C=S) groups is 1. The highest BCUT2D eigenvalue weighted by Gasteiger charge is 2.33. The zero-order valence-corrected chi connectivity index (χ0v) is 17.5. The Morgan fingerprint density at radius 2 is 1.97 bits per heavy atom. The minimum atomic E-state index is -4.60. The molecule has 2 aromatic rings. The number of rotatable bonds is 6. The number of hydrogen-bond acceptors (Lipinski definition) is 6. The number of methoxy groups -OCH3 is 1. The van der Waals surface area contributed by atoms with Crippen LogP contribution >= 0.6 is 24.0 Å². The lowest BCUT2D eigenvalue weighted by molar-refractivity contribution is -0.137. The first-order valence-electron chi connectivity index (χ1n) is 8.69. The molecule has 0 atom stereocenters. The lowest BCUT2D eigenvalue weighted by Gasteiger charge is -2.14. The fourth-order valence-corrected chi connectivity index (χ4v) is 3.68. The number of para-hydroxylation sites is 1. The van der Waals surface area contributed by atoms with Crippen molar-refractivity contribution in [1.29, 1.82) is 0 Å². The zero-order chi connectivity index (χ0) is 22.6. The summed E-state index contributed by atoms with van der Waals surface area (Å²) in [4.78, 5) is 24.3. The standard InChI is InChI=1S/C20H15F3N2O4S2/c1-28-15-8-11(9-16-18(27)25-19(30)31-16)6-7-14(15)29-10-17(26)24-13-5-3-2-4-12(13)20(21,22)23/h2-9H,10H2,1H3,(H,24,26)(H,25,27,30)/b16-9-. The first kappa shape index (κ1) is 22.6. The van der Waals surface area contributed by atoms with E-state index in [-0.39, 0.29) is 23.1 Å². The maximum atomic E-state index is 13.0. The number of carbonyl (C=O) groups excluding carboxylic acids is 2. The minimum absolute atomic E-state index is 0.211. The van der Waals surface area contributed by atoms with Crippen molar-refractivity contribution >= 4 is 51.9 Å². The fourth-order valence-electron chi connectivity index (χ4n) is 2.63. The van der Waals surface area contributed by atoms with Crippen LogP contribution in [0.1, 0.15) is 11.1 Å². The van der Waals surface area contributed by atoms with Gasteiger partial charge < -0.3 is 20.1 Å². The van der Waals surface area contributed by atoms with Crippen LogP contribution in [0.5, 0.6) is 11.5 Å². The molecule has 31 heavy (non-hydrogen) atoms. The van der Waals surface area contributed by atoms with Crippen molar-refractivity contribution in [3.8, 4) is 11.5 Å². The summed E-state index contributed by atoms with van der Waals surface area (Å²) in [5, 5.41) is 4.71. The van der Waals surface area contributed by atoms with Gasteiger partial charge in [0, 0.05) is 0 Å². The summed E-state index contributed by atoms with van der Waals surface area (Å²) in [6.07, 6.45) is -2.98. The first-order chi connectivity index (χ1) is 14.7. The van der Waals surface area contributed by atoms with E-state index in [1.807, 2.05) is 0 Å². The molecule has 1 aliphatic rings. The second-order valence-electron chi connectivity index (χ2n) is 6.14. The van der Waals surface area contributed by atoms with Crippen LogP contribution < -0.4 is 20.1 Å². The zero-order valence-electron chi connectivity index (χ0n) is 15.9. The molecule has 162 valence electrons. The molecule has 0 spiro atoms. The largest absolute Gasteiger partial charge is 0.493 e. The van der Waals surface area contributed by atoms with Crippen molar-refractivity contribution in [3.63, 3.8) is 0 Å². The number of carbonyl (C=O) groups is 2. The molecule has 2 amide bonds. The number of ether oxygens (including phenoxy) is 2. The van der Waals surface area contributed by atoms with E-state index >= 15 is 0 Å². The third kappa shape index (κ3) is 5.76. The van der Waals surface area contributed by atoms with E-state index in [2.05, 4.69) is 10.6 Å². The molecule has 6 nitrogen and oxygen atoms in total. The third-order valence-corrected chi connectivity index (χ3v) is 5.16. The number of benzene rings is 2. The van der Waals surface area contributed by atoms with Crippen LogP contribution in [0.4, 0.5) is 18.9 Å². The maximum Gasteiger partial charge on any atom is 0.418 e. The molecule has 2 N–H and O–H groups in total. The molecule has 1 aliphatic heterocycles. The van der Waals surface area contributed by atoms with Crippen molar-refractivity contribution in [1.82, 2.24) is 5.32 Å². The predicted octanol–water partition coefficient (Wildman–Crippen LogP) is 4.22. The Labute approximate surface area is 184 Å². The van der Waals surface area contributed by atoms with Crippen molar-refractivity contribution in [2.75, 3.05) is 19.0 Å². The Hall–Kier alpha value is -3.05. The van der Waals surface area contributed by atoms with E-state index < -0.39 is 24.3 Å². The number of halogens is 3. The summed E-state index contributed by atoms with van der Waals surface area (Å²) in [6.45, 7) is -0.532. The molecule has 3 rings (SSSR count). The highest BCUT2D eigenvalue weighted by molar-refractivity contribution is 8.26. The molecule has 11 heteroatoms. The lowest BCUT2D eigenvalue weighted by Crippen LogP contribution is -2.22. The number of thioether (sulfide) groups is 1. The van der Waals surface area contributed by atoms with Crippen LogP contribution in [-0.2, 0) is 15.8 Å². The second kappa shape index (κ2) is 9.40. The van der Waals surface area contributed by atoms with Gasteiger partial charge in [-0.2, -0.15) is 13.2 Å². The molecule has 1 saturated heterocycles. The normalized spacial score (nSPS) is 15.0. The molecule has 0 aromatic heterocycles. The van der Waals surface area contributed by atoms with Gasteiger partial charge in [0.2, 0.25) is 0 Å². The van der Waals surface area contributed by atoms with Gasteiger partial charge in [0.05, 0.1) is 23.3 Å². The Balaban J connectivity index is 1.68. The molecule has 0 bridgehead atoms. The summed E-state index contributed by atoms with van der Waals surface area (Å²) in [6, 6.07) is 9.41. The SMILES string of the molecule is COc1cc(/C=C2\SC(=S)NC2=O)ccc1OCC(=O)Nc1ccccc1C(F)(F)F. The van der Waals surface area contributed by atoms with Crippen LogP contribution in [0.15, 0.2) is 47.4 Å². The van der Waals surface area contributed by atoms with Crippen molar-refractivity contribution < 1.29 is 32.2 Å². The highest BCUT2D eigenvalue weighted by atomic mass is 32.2. The summed E-state index contributed by atoms with van der Waals surface area (Å²) >= 11 is 6.07. The number of hydrogen-bond donors (Lipinski definition) is 2. The summed E-state index contributed by atoms with van der Waals surface area (Å²) in [7, 11) is 1.39. The Morgan fingerprint density at radius 1 is 1.23 bits per heavy atom. The summed E-state index contributed by atoms with van der Waals surface area (Å²) in [5.74, 6) is -0.575. The molecular formula is C20H15F3N2O4S2. The van der Waals surface area contributed by atoms with Gasteiger partial charge >= 0.3 is 6.18 Å². The van der Waals surface area contributed by atoms with Gasteiger partial charge in [-0.3, -0.25) is 9.59 Å². The van der Waals surface area contributed by atoms with Crippen molar-refractivity contribution in [2.24, 2.45) is 0 Å². The van der Waals surface area contributed by atoms with E-state index in [1.54, 1.807) is 18.2 Å². The third-order valence-electron chi connectivity index (χ3n) is 3.99. The second-order valence-corrected chi connectivity index (χ2v) is 7.86. The fraction of sp³-hybridized carbons (Fsp3) is 0.150. The first-order valence-corrected chi connectivity index (χ1v) is 9.91. The van der Waals surface area contributed by atoms with Crippen LogP contribution in [0.2, 0.25) is 0 Å². The van der Waals surface area contributed by atoms with Crippen LogP contribution in [0.25, 0.3) is 6.08 Å². The number of amides is 2. The Morgan fingerprint density at radius 3 is 2.61 bits per heavy atom. The Bertz CT molecular complexity index is 1070. The number of nitrogens with one attached hydrogen (secondary N) is 2. The van der Waals surface area contributed by atoms with E-state index in [0.717, 1.165) is 23.9 Å². The molecule has 0 aliphatic carbocycles. The van der Waals surface area contributed by atoms with Gasteiger partial charge in [-0.15, -0.1) is 0 Å². The molecule has 1 heterocycles. The molecule has 0 radical (unpaired) electrons. The van der Waals surface area contributed by atoms with Gasteiger partial charge in [0.1, 0.15) is 4.32 Å². The van der Waals surface area contributed by atoms with E-state index in [4.69, 9.17) is 21.7 Å². The van der Waals surface area contributed by atoms with Gasteiger partial charge in [0.25, 0.3) is 11.8 Å². The van der Waals surface area contributed by atoms with E-state index in [9.17, 15) is 22.8 Å². The average molecular weight is 468 g/mol. The van der Waals surface area contributed by atoms with Crippen LogP contribution in [-0.4, -0.2) is 29.9 Å². The van der Waals surface area contributed by atoms with Gasteiger partial charge in [-0.25, -0.2) is 0 Å². The number of alkyl halides is 3. The molecule has 1 fully saturated rings. The summed E-state index contributed by atoms with van der Waals surface area (Å²) in [5.41, 5.74) is -0.676. The Kier molecular flexibility index (Phi) is 6.86. The smallest absolute Gasteiger partial charge is 0.418 e. The molecular weight excluding hydrogens is 453 g/mol. The maximum absolute atomic E-state index is 13.0. The van der Waals surface area contributed by atoms with Crippen molar-refractivity contribution in [3.05, 3.63) is 58.5 Å². The minimum Gasteiger partial charge on any atom is -0.493 e. The van der Waals surface area contributed by atoms with Gasteiger partial charge in [-0.1, -0.05) is 42.2 Å². The van der Waals surface area contributed by atoms with Crippen molar-refractivity contribution in [2.45, 2.75) is 6.18 Å². The molecule has 0 unspecified atom stereocenters. The topological polar surface area (TPSA) is 76.7 Å². The average Bonchev–Trinajstić information content (AvgIpc) is 3.03. The van der Waals surface area contributed by atoms with E-state index in [0.29, 0.717) is 14.8 Å². The molecule has 0 saturated carbocycles. The highest BCUT2D eigenvalue weighted by Crippen LogP contribution is 2.35. The van der Waals surface area contributed by atoms with Crippen LogP contribution in [0.3, 0.4) is 0 Å². The lowest BCUT2D eigenvalue weighted by atomic mass is 10.1. The van der Waals surface area contributed by atoms with Gasteiger partial charge in [-0.05, 0) is 35.9 Å².